The number of rotatable bonds is 4. The molecule has 5 nitrogen and oxygen atoms in total. The average molecular weight is 407 g/mol. The van der Waals surface area contributed by atoms with Crippen LogP contribution in [0.2, 0.25) is 0 Å². The number of ether oxygens (including phenoxy) is 1. The molecule has 0 aliphatic carbocycles. The second-order valence-electron chi connectivity index (χ2n) is 6.04. The molecule has 0 spiro atoms. The van der Waals surface area contributed by atoms with E-state index in [1.807, 2.05) is 13.8 Å². The van der Waals surface area contributed by atoms with Crippen molar-refractivity contribution in [3.8, 4) is 11.5 Å². The number of halogens is 1. The summed E-state index contributed by atoms with van der Waals surface area (Å²) in [4.78, 5) is 24.8. The van der Waals surface area contributed by atoms with Gasteiger partial charge in [-0.3, -0.25) is 4.79 Å². The second kappa shape index (κ2) is 7.27. The van der Waals surface area contributed by atoms with Gasteiger partial charge >= 0.3 is 5.97 Å². The predicted molar refractivity (Wildman–Crippen MR) is 97.4 cm³/mol. The van der Waals surface area contributed by atoms with Gasteiger partial charge in [0.1, 0.15) is 17.1 Å². The van der Waals surface area contributed by atoms with Crippen LogP contribution in [0.25, 0.3) is 0 Å². The summed E-state index contributed by atoms with van der Waals surface area (Å²) in [6.07, 6.45) is -0.356. The number of ketones is 1. The van der Waals surface area contributed by atoms with Crippen LogP contribution in [0, 0.1) is 13.8 Å². The van der Waals surface area contributed by atoms with Crippen molar-refractivity contribution in [2.24, 2.45) is 0 Å². The number of carbonyl (C=O) groups excluding carboxylic acids is 2. The Kier molecular flexibility index (Phi) is 5.52. The highest BCUT2D eigenvalue weighted by Gasteiger charge is 2.21. The van der Waals surface area contributed by atoms with E-state index in [-0.39, 0.29) is 34.3 Å². The van der Waals surface area contributed by atoms with Crippen LogP contribution in [-0.4, -0.2) is 28.1 Å². The van der Waals surface area contributed by atoms with E-state index in [4.69, 9.17) is 4.74 Å². The fourth-order valence-electron chi connectivity index (χ4n) is 2.31. The first-order valence-corrected chi connectivity index (χ1v) is 8.50. The van der Waals surface area contributed by atoms with Crippen LogP contribution in [0.1, 0.15) is 51.3 Å². The summed E-state index contributed by atoms with van der Waals surface area (Å²) < 4.78 is 5.52. The standard InChI is InChI=1S/C19H19BrO5/c1-9(2)25-19(24)13-8-12(5-6-15(13)21)17(22)14-7-10(3)11(4)16(20)18(14)23/h5-9,21,23H,1-4H3. The maximum Gasteiger partial charge on any atom is 0.342 e. The third-order valence-corrected chi connectivity index (χ3v) is 4.78. The highest BCUT2D eigenvalue weighted by atomic mass is 79.9. The Bertz CT molecular complexity index is 855. The molecule has 0 aromatic heterocycles. The molecular weight excluding hydrogens is 388 g/mol. The minimum absolute atomic E-state index is 0.0954. The van der Waals surface area contributed by atoms with Crippen LogP contribution in [0.15, 0.2) is 28.7 Å². The molecule has 0 atom stereocenters. The lowest BCUT2D eigenvalue weighted by Gasteiger charge is -2.13. The summed E-state index contributed by atoms with van der Waals surface area (Å²) in [7, 11) is 0. The van der Waals surface area contributed by atoms with Gasteiger partial charge in [0.15, 0.2) is 5.78 Å². The molecule has 0 aliphatic heterocycles. The van der Waals surface area contributed by atoms with Crippen molar-refractivity contribution >= 4 is 27.7 Å². The molecule has 0 fully saturated rings. The minimum Gasteiger partial charge on any atom is -0.507 e. The van der Waals surface area contributed by atoms with Crippen molar-refractivity contribution in [1.82, 2.24) is 0 Å². The number of phenols is 2. The SMILES string of the molecule is Cc1cc(C(=O)c2ccc(O)c(C(=O)OC(C)C)c2)c(O)c(Br)c1C. The number of hydrogen-bond donors (Lipinski definition) is 2. The largest absolute Gasteiger partial charge is 0.507 e. The molecule has 2 rings (SSSR count). The number of phenolic OH excluding ortho intramolecular Hbond substituents is 2. The lowest BCUT2D eigenvalue weighted by Crippen LogP contribution is -2.13. The predicted octanol–water partition coefficient (Wildman–Crippen LogP) is 4.27. The molecule has 0 saturated carbocycles. The molecule has 132 valence electrons. The molecule has 0 bridgehead atoms. The van der Waals surface area contributed by atoms with Crippen molar-refractivity contribution in [1.29, 1.82) is 0 Å². The van der Waals surface area contributed by atoms with Crippen LogP contribution in [0.5, 0.6) is 11.5 Å². The molecule has 2 aromatic rings. The summed E-state index contributed by atoms with van der Waals surface area (Å²) in [6, 6.07) is 5.52. The molecule has 0 aliphatic rings. The Morgan fingerprint density at radius 1 is 1.08 bits per heavy atom. The topological polar surface area (TPSA) is 83.8 Å². The van der Waals surface area contributed by atoms with Crippen molar-refractivity contribution in [3.05, 3.63) is 56.6 Å². The molecule has 0 radical (unpaired) electrons. The van der Waals surface area contributed by atoms with Gasteiger partial charge in [0.05, 0.1) is 16.1 Å². The number of aryl methyl sites for hydroxylation is 1. The molecule has 0 heterocycles. The van der Waals surface area contributed by atoms with Gasteiger partial charge in [0.2, 0.25) is 0 Å². The number of aromatic hydroxyl groups is 2. The van der Waals surface area contributed by atoms with Crippen molar-refractivity contribution in [2.45, 2.75) is 33.8 Å². The monoisotopic (exact) mass is 406 g/mol. The van der Waals surface area contributed by atoms with Crippen LogP contribution >= 0.6 is 15.9 Å². The third-order valence-electron chi connectivity index (χ3n) is 3.81. The Hall–Kier alpha value is -2.34. The zero-order chi connectivity index (χ0) is 18.9. The highest BCUT2D eigenvalue weighted by Crippen LogP contribution is 2.35. The number of benzene rings is 2. The van der Waals surface area contributed by atoms with Gasteiger partial charge in [-0.25, -0.2) is 4.79 Å². The van der Waals surface area contributed by atoms with Crippen LogP contribution < -0.4 is 0 Å². The maximum atomic E-state index is 12.8. The van der Waals surface area contributed by atoms with Crippen molar-refractivity contribution in [2.75, 3.05) is 0 Å². The van der Waals surface area contributed by atoms with E-state index in [0.717, 1.165) is 11.1 Å². The van der Waals surface area contributed by atoms with Crippen LogP contribution in [-0.2, 0) is 4.74 Å². The number of esters is 1. The van der Waals surface area contributed by atoms with Gasteiger partial charge in [0.25, 0.3) is 0 Å². The summed E-state index contributed by atoms with van der Waals surface area (Å²) in [5.41, 5.74) is 1.86. The lowest BCUT2D eigenvalue weighted by atomic mass is 9.97. The molecule has 25 heavy (non-hydrogen) atoms. The normalized spacial score (nSPS) is 10.8. The van der Waals surface area contributed by atoms with Gasteiger partial charge < -0.3 is 14.9 Å². The molecule has 2 aromatic carbocycles. The molecule has 2 N–H and O–H groups in total. The summed E-state index contributed by atoms with van der Waals surface area (Å²) in [5.74, 6) is -1.60. The van der Waals surface area contributed by atoms with E-state index in [2.05, 4.69) is 15.9 Å². The van der Waals surface area contributed by atoms with E-state index >= 15 is 0 Å². The fraction of sp³-hybridized carbons (Fsp3) is 0.263. The first-order valence-electron chi connectivity index (χ1n) is 7.70. The zero-order valence-corrected chi connectivity index (χ0v) is 16.0. The molecule has 6 heteroatoms. The van der Waals surface area contributed by atoms with Gasteiger partial charge in [-0.1, -0.05) is 0 Å². The lowest BCUT2D eigenvalue weighted by molar-refractivity contribution is 0.0374. The first-order chi connectivity index (χ1) is 11.6. The van der Waals surface area contributed by atoms with Gasteiger partial charge in [0, 0.05) is 5.56 Å². The molecule has 0 saturated heterocycles. The first kappa shape index (κ1) is 19.0. The third kappa shape index (κ3) is 3.85. The molecular formula is C19H19BrO5. The quantitative estimate of drug-likeness (QED) is 0.584. The van der Waals surface area contributed by atoms with E-state index in [9.17, 15) is 19.8 Å². The molecule has 0 unspecified atom stereocenters. The molecule has 0 amide bonds. The van der Waals surface area contributed by atoms with Gasteiger partial charge in [-0.2, -0.15) is 0 Å². The van der Waals surface area contributed by atoms with Crippen molar-refractivity contribution < 1.29 is 24.5 Å². The second-order valence-corrected chi connectivity index (χ2v) is 6.84. The Balaban J connectivity index is 2.50. The minimum atomic E-state index is -0.715. The summed E-state index contributed by atoms with van der Waals surface area (Å²) in [5, 5.41) is 20.2. The highest BCUT2D eigenvalue weighted by molar-refractivity contribution is 9.10. The average Bonchev–Trinajstić information content (AvgIpc) is 2.55. The smallest absolute Gasteiger partial charge is 0.342 e. The van der Waals surface area contributed by atoms with Gasteiger partial charge in [-0.05, 0) is 79.0 Å². The summed E-state index contributed by atoms with van der Waals surface area (Å²) in [6.45, 7) is 7.04. The Morgan fingerprint density at radius 3 is 2.32 bits per heavy atom. The zero-order valence-electron chi connectivity index (χ0n) is 14.4. The summed E-state index contributed by atoms with van der Waals surface area (Å²) >= 11 is 3.28. The number of hydrogen-bond acceptors (Lipinski definition) is 5. The Morgan fingerprint density at radius 2 is 1.72 bits per heavy atom. The van der Waals surface area contributed by atoms with Crippen LogP contribution in [0.3, 0.4) is 0 Å². The fourth-order valence-corrected chi connectivity index (χ4v) is 2.84. The van der Waals surface area contributed by atoms with E-state index < -0.39 is 11.8 Å². The van der Waals surface area contributed by atoms with E-state index in [0.29, 0.717) is 4.47 Å². The van der Waals surface area contributed by atoms with Gasteiger partial charge in [-0.15, -0.1) is 0 Å². The number of carbonyl (C=O) groups is 2. The van der Waals surface area contributed by atoms with Crippen LogP contribution in [0.4, 0.5) is 0 Å². The van der Waals surface area contributed by atoms with Crippen molar-refractivity contribution in [3.63, 3.8) is 0 Å². The van der Waals surface area contributed by atoms with E-state index in [1.165, 1.54) is 18.2 Å². The van der Waals surface area contributed by atoms with E-state index in [1.54, 1.807) is 19.9 Å². The Labute approximate surface area is 154 Å². The maximum absolute atomic E-state index is 12.8.